The van der Waals surface area contributed by atoms with Crippen LogP contribution in [0.1, 0.15) is 23.7 Å². The van der Waals surface area contributed by atoms with Crippen LogP contribution >= 0.6 is 8.58 Å². The van der Waals surface area contributed by atoms with Crippen LogP contribution in [0.3, 0.4) is 0 Å². The first-order chi connectivity index (χ1) is 14.1. The van der Waals surface area contributed by atoms with E-state index in [1.165, 1.54) is 5.56 Å². The van der Waals surface area contributed by atoms with Crippen molar-refractivity contribution in [1.29, 1.82) is 0 Å². The maximum atomic E-state index is 13.0. The predicted octanol–water partition coefficient (Wildman–Crippen LogP) is 2.71. The van der Waals surface area contributed by atoms with Gasteiger partial charge in [0.05, 0.1) is 17.2 Å². The molecule has 29 heavy (non-hydrogen) atoms. The number of hydrogen-bond acceptors (Lipinski definition) is 4. The highest BCUT2D eigenvalue weighted by molar-refractivity contribution is 7.51. The third-order valence-corrected chi connectivity index (χ3v) is 7.28. The maximum Gasteiger partial charge on any atom is 0.252 e. The number of nitrogens with zero attached hydrogens (tertiary/aromatic N) is 4. The van der Waals surface area contributed by atoms with Gasteiger partial charge in [-0.05, 0) is 41.9 Å². The summed E-state index contributed by atoms with van der Waals surface area (Å²) >= 11 is 0. The fourth-order valence-electron chi connectivity index (χ4n) is 4.24. The number of aryl methyl sites for hydroxylation is 2. The summed E-state index contributed by atoms with van der Waals surface area (Å²) in [5.74, 6) is 0.181. The van der Waals surface area contributed by atoms with Crippen molar-refractivity contribution < 1.29 is 4.79 Å². The number of hydrogen-bond donors (Lipinski definition) is 1. The molecule has 1 N–H and O–H groups in total. The summed E-state index contributed by atoms with van der Waals surface area (Å²) in [5.41, 5.74) is 5.52. The van der Waals surface area contributed by atoms with Crippen molar-refractivity contribution >= 4 is 25.4 Å². The van der Waals surface area contributed by atoms with Gasteiger partial charge in [0.15, 0.2) is 0 Å². The summed E-state index contributed by atoms with van der Waals surface area (Å²) < 4.78 is 2.10. The molecule has 0 aromatic carbocycles. The first-order valence-corrected chi connectivity index (χ1v) is 11.3. The van der Waals surface area contributed by atoms with E-state index in [2.05, 4.69) is 57.1 Å². The molecule has 1 amide bonds. The van der Waals surface area contributed by atoms with E-state index in [0.29, 0.717) is 8.58 Å². The van der Waals surface area contributed by atoms with Crippen molar-refractivity contribution in [2.45, 2.75) is 26.1 Å². The number of piperazine rings is 1. The number of nitrogens with one attached hydrogen (secondary N) is 1. The Labute approximate surface area is 172 Å². The van der Waals surface area contributed by atoms with Crippen molar-refractivity contribution in [3.05, 3.63) is 65.4 Å². The summed E-state index contributed by atoms with van der Waals surface area (Å²) in [4.78, 5) is 21.9. The van der Waals surface area contributed by atoms with E-state index >= 15 is 0 Å². The first-order valence-electron chi connectivity index (χ1n) is 10.3. The average Bonchev–Trinajstić information content (AvgIpc) is 3.13. The predicted molar refractivity (Wildman–Crippen MR) is 118 cm³/mol. The van der Waals surface area contributed by atoms with Gasteiger partial charge >= 0.3 is 0 Å². The van der Waals surface area contributed by atoms with Gasteiger partial charge in [-0.2, -0.15) is 0 Å². The van der Waals surface area contributed by atoms with Gasteiger partial charge in [0.2, 0.25) is 0 Å². The van der Waals surface area contributed by atoms with E-state index in [1.54, 1.807) is 0 Å². The Bertz CT molecular complexity index is 1060. The van der Waals surface area contributed by atoms with Gasteiger partial charge in [-0.1, -0.05) is 21.6 Å². The molecule has 1 saturated heterocycles. The monoisotopic (exact) mass is 407 g/mol. The number of aromatic nitrogens is 2. The number of allylic oxidation sites excluding steroid dienone is 1. The number of carbonyl (C=O) groups excluding carboxylic acids is 1. The fraction of sp³-hybridized carbons (Fsp3) is 0.364. The Hall–Kier alpha value is -2.43. The number of carbonyl (C=O) groups is 1. The number of amides is 1. The van der Waals surface area contributed by atoms with E-state index in [4.69, 9.17) is 0 Å². The molecule has 150 valence electrons. The van der Waals surface area contributed by atoms with E-state index in [0.717, 1.165) is 60.5 Å². The zero-order valence-corrected chi connectivity index (χ0v) is 17.9. The Morgan fingerprint density at radius 2 is 2.10 bits per heavy atom. The molecule has 0 bridgehead atoms. The summed E-state index contributed by atoms with van der Waals surface area (Å²) in [6.45, 7) is 8.12. The minimum absolute atomic E-state index is 0.0701. The lowest BCUT2D eigenvalue weighted by molar-refractivity contribution is -0.123. The standard InChI is InChI=1S/C22H26N5OP/c1-3-16-10-17(13-26-12-15(2)24-22(16)26)19-11-20(28)27-14-18(4-5-21(27)29-19)25-8-6-23-7-9-25/h4-5,10-14,21,23,29H,3,6-9H2,1-2H3. The molecular formula is C22H26N5OP. The Morgan fingerprint density at radius 1 is 1.28 bits per heavy atom. The van der Waals surface area contributed by atoms with Crippen LogP contribution in [0.25, 0.3) is 11.0 Å². The van der Waals surface area contributed by atoms with E-state index in [-0.39, 0.29) is 11.7 Å². The summed E-state index contributed by atoms with van der Waals surface area (Å²) in [6.07, 6.45) is 13.3. The highest BCUT2D eigenvalue weighted by atomic mass is 31.1. The van der Waals surface area contributed by atoms with Crippen molar-refractivity contribution in [1.82, 2.24) is 24.5 Å². The minimum Gasteiger partial charge on any atom is -0.368 e. The van der Waals surface area contributed by atoms with Gasteiger partial charge in [0.1, 0.15) is 5.65 Å². The topological polar surface area (TPSA) is 52.9 Å². The van der Waals surface area contributed by atoms with E-state index < -0.39 is 0 Å². The van der Waals surface area contributed by atoms with Gasteiger partial charge in [-0.15, -0.1) is 0 Å². The molecule has 0 aliphatic carbocycles. The van der Waals surface area contributed by atoms with Gasteiger partial charge in [0.25, 0.3) is 5.91 Å². The molecule has 3 aliphatic rings. The Kier molecular flexibility index (Phi) is 4.76. The minimum atomic E-state index is 0.0701. The van der Waals surface area contributed by atoms with Gasteiger partial charge in [-0.25, -0.2) is 4.98 Å². The summed E-state index contributed by atoms with van der Waals surface area (Å²) in [5, 5.41) is 4.51. The van der Waals surface area contributed by atoms with Crippen LogP contribution in [0, 0.1) is 6.92 Å². The fourth-order valence-corrected chi connectivity index (χ4v) is 5.60. The smallest absolute Gasteiger partial charge is 0.252 e. The lowest BCUT2D eigenvalue weighted by Crippen LogP contribution is -2.44. The lowest BCUT2D eigenvalue weighted by atomic mass is 10.1. The van der Waals surface area contributed by atoms with Gasteiger partial charge in [-0.3, -0.25) is 4.79 Å². The summed E-state index contributed by atoms with van der Waals surface area (Å²) in [6, 6.07) is 2.21. The SMILES string of the molecule is CCc1cc(C2=CC(=O)N3C=C(N4CCNCC4)C=CC3P2)cn2cc(C)nc12. The molecule has 1 fully saturated rings. The maximum absolute atomic E-state index is 13.0. The van der Waals surface area contributed by atoms with Crippen LogP contribution in [0.2, 0.25) is 0 Å². The van der Waals surface area contributed by atoms with Gasteiger partial charge < -0.3 is 19.5 Å². The molecule has 0 saturated carbocycles. The summed E-state index contributed by atoms with van der Waals surface area (Å²) in [7, 11) is 0.530. The molecule has 6 nitrogen and oxygen atoms in total. The molecular weight excluding hydrogens is 381 g/mol. The highest BCUT2D eigenvalue weighted by Crippen LogP contribution is 2.45. The normalized spacial score (nSPS) is 22.8. The number of pyridine rings is 1. The molecule has 2 atom stereocenters. The largest absolute Gasteiger partial charge is 0.368 e. The van der Waals surface area contributed by atoms with Crippen LogP contribution < -0.4 is 5.32 Å². The van der Waals surface area contributed by atoms with Crippen molar-refractivity contribution in [2.24, 2.45) is 0 Å². The Balaban J connectivity index is 1.46. The van der Waals surface area contributed by atoms with Crippen LogP contribution in [0.5, 0.6) is 0 Å². The second-order valence-electron chi connectivity index (χ2n) is 7.76. The Morgan fingerprint density at radius 3 is 2.90 bits per heavy atom. The first kappa shape index (κ1) is 18.6. The molecule has 5 heterocycles. The van der Waals surface area contributed by atoms with Crippen molar-refractivity contribution in [2.75, 3.05) is 26.2 Å². The van der Waals surface area contributed by atoms with E-state index in [9.17, 15) is 4.79 Å². The van der Waals surface area contributed by atoms with Crippen LogP contribution in [-0.2, 0) is 11.2 Å². The molecule has 0 spiro atoms. The van der Waals surface area contributed by atoms with Crippen LogP contribution in [-0.4, -0.2) is 57.1 Å². The molecule has 2 aromatic rings. The highest BCUT2D eigenvalue weighted by Gasteiger charge is 2.30. The molecule has 2 unspecified atom stereocenters. The second kappa shape index (κ2) is 7.43. The van der Waals surface area contributed by atoms with Gasteiger partial charge in [0, 0.05) is 50.8 Å². The average molecular weight is 407 g/mol. The molecule has 3 aliphatic heterocycles. The number of rotatable bonds is 3. The van der Waals surface area contributed by atoms with E-state index in [1.807, 2.05) is 24.1 Å². The third kappa shape index (κ3) is 3.41. The molecule has 7 heteroatoms. The zero-order valence-electron chi connectivity index (χ0n) is 16.9. The molecule has 2 aromatic heterocycles. The van der Waals surface area contributed by atoms with Crippen LogP contribution in [0.4, 0.5) is 0 Å². The van der Waals surface area contributed by atoms with Crippen LogP contribution in [0.15, 0.2) is 48.6 Å². The second-order valence-corrected chi connectivity index (χ2v) is 9.18. The van der Waals surface area contributed by atoms with Crippen molar-refractivity contribution in [3.63, 3.8) is 0 Å². The molecule has 5 rings (SSSR count). The van der Waals surface area contributed by atoms with Crippen molar-refractivity contribution in [3.8, 4) is 0 Å². The zero-order chi connectivity index (χ0) is 20.0. The lowest BCUT2D eigenvalue weighted by Gasteiger charge is -2.37. The number of imidazole rings is 1. The third-order valence-electron chi connectivity index (χ3n) is 5.77. The molecule has 0 radical (unpaired) electrons. The number of fused-ring (bicyclic) bond motifs is 2. The quantitative estimate of drug-likeness (QED) is 0.795.